The van der Waals surface area contributed by atoms with Crippen molar-refractivity contribution in [1.29, 1.82) is 0 Å². The first kappa shape index (κ1) is 15.0. The van der Waals surface area contributed by atoms with Crippen molar-refractivity contribution >= 4 is 15.5 Å². The topological polar surface area (TPSA) is 72.2 Å². The molecule has 0 saturated heterocycles. The largest absolute Gasteiger partial charge is 0.383 e. The van der Waals surface area contributed by atoms with E-state index in [0.717, 1.165) is 6.42 Å². The van der Waals surface area contributed by atoms with E-state index in [2.05, 4.69) is 19.2 Å². The summed E-state index contributed by atoms with van der Waals surface area (Å²) in [4.78, 5) is 0.341. The molecule has 0 aliphatic carbocycles. The Labute approximate surface area is 110 Å². The molecule has 0 spiro atoms. The van der Waals surface area contributed by atoms with Gasteiger partial charge in [-0.1, -0.05) is 26.0 Å². The van der Waals surface area contributed by atoms with Crippen LogP contribution in [-0.2, 0) is 9.84 Å². The fourth-order valence-corrected chi connectivity index (χ4v) is 2.62. The van der Waals surface area contributed by atoms with Crippen molar-refractivity contribution in [2.45, 2.75) is 25.2 Å². The van der Waals surface area contributed by atoms with Crippen molar-refractivity contribution in [3.63, 3.8) is 0 Å². The van der Waals surface area contributed by atoms with Crippen LogP contribution in [0.25, 0.3) is 0 Å². The summed E-state index contributed by atoms with van der Waals surface area (Å²) in [5.74, 6) is 0. The van der Waals surface area contributed by atoms with Crippen LogP contribution in [0.3, 0.4) is 0 Å². The minimum atomic E-state index is -3.20. The van der Waals surface area contributed by atoms with E-state index < -0.39 is 9.84 Å². The van der Waals surface area contributed by atoms with E-state index in [0.29, 0.717) is 23.7 Å². The minimum absolute atomic E-state index is 0.0410. The molecular formula is C13H22N2O2S. The van der Waals surface area contributed by atoms with Crippen molar-refractivity contribution in [3.8, 4) is 0 Å². The molecule has 5 heteroatoms. The molecule has 0 aromatic heterocycles. The number of benzene rings is 1. The highest BCUT2D eigenvalue weighted by Gasteiger charge is 2.18. The minimum Gasteiger partial charge on any atom is -0.383 e. The number of sulfone groups is 1. The summed E-state index contributed by atoms with van der Waals surface area (Å²) in [6.07, 6.45) is 2.11. The maximum Gasteiger partial charge on any atom is 0.177 e. The maximum atomic E-state index is 11.6. The number of anilines is 1. The predicted octanol–water partition coefficient (Wildman–Crippen LogP) is 1.88. The Morgan fingerprint density at radius 1 is 1.28 bits per heavy atom. The average molecular weight is 270 g/mol. The molecule has 0 aliphatic heterocycles. The van der Waals surface area contributed by atoms with Gasteiger partial charge in [-0.2, -0.15) is 0 Å². The molecule has 4 nitrogen and oxygen atoms in total. The van der Waals surface area contributed by atoms with Gasteiger partial charge in [0.1, 0.15) is 0 Å². The van der Waals surface area contributed by atoms with E-state index in [1.165, 1.54) is 6.26 Å². The third-order valence-electron chi connectivity index (χ3n) is 2.87. The SMILES string of the molecule is CC(C)(CCN)CNc1ccccc1S(C)(=O)=O. The second-order valence-electron chi connectivity index (χ2n) is 5.32. The first-order valence-corrected chi connectivity index (χ1v) is 7.88. The van der Waals surface area contributed by atoms with Crippen molar-refractivity contribution < 1.29 is 8.42 Å². The van der Waals surface area contributed by atoms with E-state index in [1.54, 1.807) is 18.2 Å². The van der Waals surface area contributed by atoms with Gasteiger partial charge >= 0.3 is 0 Å². The average Bonchev–Trinajstić information content (AvgIpc) is 2.26. The normalized spacial score (nSPS) is 12.4. The molecule has 1 rings (SSSR count). The third kappa shape index (κ3) is 4.31. The Morgan fingerprint density at radius 2 is 1.89 bits per heavy atom. The van der Waals surface area contributed by atoms with Gasteiger partial charge in [-0.15, -0.1) is 0 Å². The van der Waals surface area contributed by atoms with Crippen LogP contribution in [0.5, 0.6) is 0 Å². The highest BCUT2D eigenvalue weighted by molar-refractivity contribution is 7.90. The summed E-state index contributed by atoms with van der Waals surface area (Å²) in [6.45, 7) is 5.53. The summed E-state index contributed by atoms with van der Waals surface area (Å²) >= 11 is 0. The lowest BCUT2D eigenvalue weighted by atomic mass is 9.89. The van der Waals surface area contributed by atoms with E-state index >= 15 is 0 Å². The zero-order chi connectivity index (χ0) is 13.8. The number of hydrogen-bond donors (Lipinski definition) is 2. The molecule has 0 bridgehead atoms. The fraction of sp³-hybridized carbons (Fsp3) is 0.538. The summed E-state index contributed by atoms with van der Waals surface area (Å²) in [5, 5.41) is 3.21. The van der Waals surface area contributed by atoms with Crippen molar-refractivity contribution in [1.82, 2.24) is 0 Å². The molecule has 3 N–H and O–H groups in total. The quantitative estimate of drug-likeness (QED) is 0.828. The molecule has 1 aromatic rings. The van der Waals surface area contributed by atoms with Gasteiger partial charge in [-0.05, 0) is 30.5 Å². The Morgan fingerprint density at radius 3 is 2.44 bits per heavy atom. The number of nitrogens with two attached hydrogens (primary N) is 1. The molecule has 0 aliphatic rings. The van der Waals surface area contributed by atoms with Crippen molar-refractivity contribution in [3.05, 3.63) is 24.3 Å². The molecule has 1 aromatic carbocycles. The third-order valence-corrected chi connectivity index (χ3v) is 4.02. The molecule has 0 unspecified atom stereocenters. The van der Waals surface area contributed by atoms with Gasteiger partial charge in [0.2, 0.25) is 0 Å². The van der Waals surface area contributed by atoms with Gasteiger partial charge in [-0.25, -0.2) is 8.42 Å². The van der Waals surface area contributed by atoms with Crippen LogP contribution in [0, 0.1) is 5.41 Å². The molecule has 0 atom stereocenters. The zero-order valence-corrected chi connectivity index (χ0v) is 12.0. The lowest BCUT2D eigenvalue weighted by Gasteiger charge is -2.25. The Bertz CT molecular complexity index is 495. The van der Waals surface area contributed by atoms with E-state index in [4.69, 9.17) is 5.73 Å². The maximum absolute atomic E-state index is 11.6. The number of rotatable bonds is 6. The standard InChI is InChI=1S/C13H22N2O2S/c1-13(2,8-9-14)10-15-11-6-4-5-7-12(11)18(3,16)17/h4-7,15H,8-10,14H2,1-3H3. The highest BCUT2D eigenvalue weighted by Crippen LogP contribution is 2.24. The summed E-state index contributed by atoms with van der Waals surface area (Å²) < 4.78 is 23.3. The molecule has 102 valence electrons. The monoisotopic (exact) mass is 270 g/mol. The summed E-state index contributed by atoms with van der Waals surface area (Å²) in [7, 11) is -3.20. The van der Waals surface area contributed by atoms with Crippen LogP contribution in [0.4, 0.5) is 5.69 Å². The Balaban J connectivity index is 2.86. The molecule has 0 saturated carbocycles. The number of nitrogens with one attached hydrogen (secondary N) is 1. The molecular weight excluding hydrogens is 248 g/mol. The summed E-state index contributed by atoms with van der Waals surface area (Å²) in [5.41, 5.74) is 6.26. The predicted molar refractivity (Wildman–Crippen MR) is 75.5 cm³/mol. The van der Waals surface area contributed by atoms with E-state index in [9.17, 15) is 8.42 Å². The molecule has 0 amide bonds. The van der Waals surface area contributed by atoms with Gasteiger partial charge in [0.25, 0.3) is 0 Å². The fourth-order valence-electron chi connectivity index (χ4n) is 1.75. The second-order valence-corrected chi connectivity index (χ2v) is 7.31. The van der Waals surface area contributed by atoms with Crippen molar-refractivity contribution in [2.24, 2.45) is 11.1 Å². The second kappa shape index (κ2) is 5.71. The highest BCUT2D eigenvalue weighted by atomic mass is 32.2. The zero-order valence-electron chi connectivity index (χ0n) is 11.2. The smallest absolute Gasteiger partial charge is 0.177 e. The molecule has 0 radical (unpaired) electrons. The first-order chi connectivity index (χ1) is 8.26. The first-order valence-electron chi connectivity index (χ1n) is 5.99. The van der Waals surface area contributed by atoms with Gasteiger partial charge in [0, 0.05) is 12.8 Å². The van der Waals surface area contributed by atoms with Crippen LogP contribution in [0.2, 0.25) is 0 Å². The lowest BCUT2D eigenvalue weighted by Crippen LogP contribution is -2.26. The molecule has 18 heavy (non-hydrogen) atoms. The number of hydrogen-bond acceptors (Lipinski definition) is 4. The van der Waals surface area contributed by atoms with Crippen molar-refractivity contribution in [2.75, 3.05) is 24.7 Å². The van der Waals surface area contributed by atoms with Gasteiger partial charge in [-0.3, -0.25) is 0 Å². The van der Waals surface area contributed by atoms with Crippen LogP contribution in [0.1, 0.15) is 20.3 Å². The van der Waals surface area contributed by atoms with Gasteiger partial charge < -0.3 is 11.1 Å². The number of para-hydroxylation sites is 1. The van der Waals surface area contributed by atoms with Crippen LogP contribution < -0.4 is 11.1 Å². The van der Waals surface area contributed by atoms with Crippen LogP contribution >= 0.6 is 0 Å². The van der Waals surface area contributed by atoms with E-state index in [-0.39, 0.29) is 5.41 Å². The van der Waals surface area contributed by atoms with E-state index in [1.807, 2.05) is 6.07 Å². The lowest BCUT2D eigenvalue weighted by molar-refractivity contribution is 0.365. The molecule has 0 heterocycles. The Kier molecular flexibility index (Phi) is 4.76. The molecule has 0 fully saturated rings. The van der Waals surface area contributed by atoms with Crippen LogP contribution in [-0.4, -0.2) is 27.8 Å². The van der Waals surface area contributed by atoms with Gasteiger partial charge in [0.15, 0.2) is 9.84 Å². The summed E-state index contributed by atoms with van der Waals surface area (Å²) in [6, 6.07) is 6.96. The Hall–Kier alpha value is -1.07. The van der Waals surface area contributed by atoms with Crippen LogP contribution in [0.15, 0.2) is 29.2 Å². The van der Waals surface area contributed by atoms with Gasteiger partial charge in [0.05, 0.1) is 10.6 Å².